The van der Waals surface area contributed by atoms with Crippen LogP contribution >= 0.6 is 34.2 Å². The molecule has 2 N–H and O–H groups in total. The smallest absolute Gasteiger partial charge is 0.257 e. The minimum absolute atomic E-state index is 0.159. The van der Waals surface area contributed by atoms with E-state index in [1.165, 1.54) is 12.1 Å². The molecule has 0 aliphatic rings. The van der Waals surface area contributed by atoms with Gasteiger partial charge in [0.25, 0.3) is 5.91 Å². The maximum atomic E-state index is 13.6. The van der Waals surface area contributed by atoms with Crippen molar-refractivity contribution in [1.82, 2.24) is 0 Å². The fraction of sp³-hybridized carbons (Fsp3) is 0.0714. The van der Waals surface area contributed by atoms with Gasteiger partial charge in [0.1, 0.15) is 5.82 Å². The highest BCUT2D eigenvalue weighted by Crippen LogP contribution is 2.26. The number of para-hydroxylation sites is 1. The first-order valence-electron chi connectivity index (χ1n) is 5.75. The first kappa shape index (κ1) is 15.1. The van der Waals surface area contributed by atoms with Gasteiger partial charge in [-0.3, -0.25) is 4.79 Å². The van der Waals surface area contributed by atoms with E-state index in [2.05, 4.69) is 33.2 Å². The summed E-state index contributed by atoms with van der Waals surface area (Å²) < 4.78 is 14.6. The second kappa shape index (κ2) is 6.41. The molecule has 0 saturated heterocycles. The van der Waals surface area contributed by atoms with Crippen molar-refractivity contribution in [3.63, 3.8) is 0 Å². The summed E-state index contributed by atoms with van der Waals surface area (Å²) in [4.78, 5) is 12.2. The van der Waals surface area contributed by atoms with E-state index < -0.39 is 11.7 Å². The van der Waals surface area contributed by atoms with Crippen molar-refractivity contribution in [1.29, 1.82) is 0 Å². The molecule has 20 heavy (non-hydrogen) atoms. The highest BCUT2D eigenvalue weighted by Gasteiger charge is 2.15. The van der Waals surface area contributed by atoms with Crippen molar-refractivity contribution >= 4 is 51.5 Å². The molecule has 0 aliphatic heterocycles. The molecule has 0 saturated carbocycles. The van der Waals surface area contributed by atoms with Crippen molar-refractivity contribution < 1.29 is 9.18 Å². The largest absolute Gasteiger partial charge is 0.385 e. The lowest BCUT2D eigenvalue weighted by Crippen LogP contribution is -2.15. The van der Waals surface area contributed by atoms with E-state index in [0.717, 1.165) is 3.57 Å². The molecule has 2 rings (SSSR count). The minimum Gasteiger partial charge on any atom is -0.385 e. The number of amides is 1. The third kappa shape index (κ3) is 3.21. The Labute approximate surface area is 134 Å². The average molecular weight is 405 g/mol. The Bertz CT molecular complexity index is 664. The standard InChI is InChI=1S/C14H11ClFIN2O/c1-18-13-9(3-2-4-11(13)16)14(20)19-12-6-5-8(17)7-10(12)15/h2-7,18H,1H3,(H,19,20). The lowest BCUT2D eigenvalue weighted by Gasteiger charge is -2.11. The molecule has 104 valence electrons. The third-order valence-electron chi connectivity index (χ3n) is 2.69. The van der Waals surface area contributed by atoms with E-state index in [0.29, 0.717) is 10.7 Å². The van der Waals surface area contributed by atoms with E-state index >= 15 is 0 Å². The van der Waals surface area contributed by atoms with Gasteiger partial charge in [-0.2, -0.15) is 0 Å². The molecule has 0 spiro atoms. The molecule has 0 atom stereocenters. The normalized spacial score (nSPS) is 10.2. The summed E-state index contributed by atoms with van der Waals surface area (Å²) in [7, 11) is 1.56. The van der Waals surface area contributed by atoms with Crippen LogP contribution in [0.1, 0.15) is 10.4 Å². The van der Waals surface area contributed by atoms with E-state index in [4.69, 9.17) is 11.6 Å². The Morgan fingerprint density at radius 3 is 2.70 bits per heavy atom. The Morgan fingerprint density at radius 2 is 2.05 bits per heavy atom. The molecule has 0 aromatic heterocycles. The van der Waals surface area contributed by atoms with Gasteiger partial charge in [-0.15, -0.1) is 0 Å². The Kier molecular flexibility index (Phi) is 4.82. The Hall–Kier alpha value is -1.34. The summed E-state index contributed by atoms with van der Waals surface area (Å²) in [6.07, 6.45) is 0. The van der Waals surface area contributed by atoms with Crippen LogP contribution in [0.2, 0.25) is 5.02 Å². The monoisotopic (exact) mass is 404 g/mol. The third-order valence-corrected chi connectivity index (χ3v) is 3.67. The van der Waals surface area contributed by atoms with Crippen LogP contribution < -0.4 is 10.6 Å². The number of nitrogens with one attached hydrogen (secondary N) is 2. The van der Waals surface area contributed by atoms with Crippen molar-refractivity contribution in [2.45, 2.75) is 0 Å². The van der Waals surface area contributed by atoms with Gasteiger partial charge in [0.05, 0.1) is 22.0 Å². The first-order valence-corrected chi connectivity index (χ1v) is 7.21. The number of carbonyl (C=O) groups excluding carboxylic acids is 1. The lowest BCUT2D eigenvalue weighted by molar-refractivity contribution is 0.102. The maximum Gasteiger partial charge on any atom is 0.257 e. The van der Waals surface area contributed by atoms with Gasteiger partial charge in [-0.05, 0) is 52.9 Å². The van der Waals surface area contributed by atoms with E-state index in [9.17, 15) is 9.18 Å². The van der Waals surface area contributed by atoms with Crippen LogP contribution in [0.3, 0.4) is 0 Å². The number of hydrogen-bond acceptors (Lipinski definition) is 2. The summed E-state index contributed by atoms with van der Waals surface area (Å²) in [5, 5.41) is 5.80. The molecule has 0 fully saturated rings. The fourth-order valence-corrected chi connectivity index (χ4v) is 2.65. The second-order valence-corrected chi connectivity index (χ2v) is 5.64. The molecule has 0 aliphatic carbocycles. The summed E-state index contributed by atoms with van der Waals surface area (Å²) in [5.41, 5.74) is 0.872. The van der Waals surface area contributed by atoms with Crippen molar-refractivity contribution in [2.75, 3.05) is 17.7 Å². The van der Waals surface area contributed by atoms with Gasteiger partial charge in [-0.25, -0.2) is 4.39 Å². The topological polar surface area (TPSA) is 41.1 Å². The minimum atomic E-state index is -0.478. The maximum absolute atomic E-state index is 13.6. The average Bonchev–Trinajstić information content (AvgIpc) is 2.41. The van der Waals surface area contributed by atoms with Gasteiger partial charge in [0.2, 0.25) is 0 Å². The van der Waals surface area contributed by atoms with Gasteiger partial charge in [-0.1, -0.05) is 17.7 Å². The zero-order chi connectivity index (χ0) is 14.7. The van der Waals surface area contributed by atoms with Crippen LogP contribution in [0.5, 0.6) is 0 Å². The molecule has 3 nitrogen and oxygen atoms in total. The molecule has 0 unspecified atom stereocenters. The number of rotatable bonds is 3. The highest BCUT2D eigenvalue weighted by molar-refractivity contribution is 14.1. The van der Waals surface area contributed by atoms with Gasteiger partial charge < -0.3 is 10.6 Å². The van der Waals surface area contributed by atoms with Crippen LogP contribution in [-0.2, 0) is 0 Å². The molecule has 2 aromatic rings. The molecule has 1 amide bonds. The summed E-state index contributed by atoms with van der Waals surface area (Å²) in [5.74, 6) is -0.897. The Balaban J connectivity index is 2.31. The number of hydrogen-bond donors (Lipinski definition) is 2. The fourth-order valence-electron chi connectivity index (χ4n) is 1.75. The molecule has 2 aromatic carbocycles. The van der Waals surface area contributed by atoms with Crippen LogP contribution in [0.15, 0.2) is 36.4 Å². The predicted molar refractivity (Wildman–Crippen MR) is 88.1 cm³/mol. The molecular weight excluding hydrogens is 394 g/mol. The SMILES string of the molecule is CNc1c(F)cccc1C(=O)Nc1ccc(I)cc1Cl. The second-order valence-electron chi connectivity index (χ2n) is 3.99. The van der Waals surface area contributed by atoms with Crippen LogP contribution in [0, 0.1) is 9.39 Å². The first-order chi connectivity index (χ1) is 9.52. The van der Waals surface area contributed by atoms with Crippen LogP contribution in [0.25, 0.3) is 0 Å². The number of halogens is 3. The van der Waals surface area contributed by atoms with E-state index in [1.54, 1.807) is 25.2 Å². The van der Waals surface area contributed by atoms with Gasteiger partial charge >= 0.3 is 0 Å². The van der Waals surface area contributed by atoms with Crippen molar-refractivity contribution in [3.8, 4) is 0 Å². The van der Waals surface area contributed by atoms with Crippen molar-refractivity contribution in [3.05, 3.63) is 56.4 Å². The Morgan fingerprint density at radius 1 is 1.30 bits per heavy atom. The molecule has 0 heterocycles. The van der Waals surface area contributed by atoms with Gasteiger partial charge in [0.15, 0.2) is 0 Å². The zero-order valence-electron chi connectivity index (χ0n) is 10.5. The highest BCUT2D eigenvalue weighted by atomic mass is 127. The summed E-state index contributed by atoms with van der Waals surface area (Å²) in [6, 6.07) is 9.60. The van der Waals surface area contributed by atoms with E-state index in [-0.39, 0.29) is 11.3 Å². The van der Waals surface area contributed by atoms with Crippen LogP contribution in [-0.4, -0.2) is 13.0 Å². The van der Waals surface area contributed by atoms with Crippen molar-refractivity contribution in [2.24, 2.45) is 0 Å². The zero-order valence-corrected chi connectivity index (χ0v) is 13.4. The molecule has 6 heteroatoms. The number of benzene rings is 2. The molecular formula is C14H11ClFIN2O. The number of carbonyl (C=O) groups is 1. The lowest BCUT2D eigenvalue weighted by atomic mass is 10.1. The quantitative estimate of drug-likeness (QED) is 0.746. The molecule has 0 radical (unpaired) electrons. The van der Waals surface area contributed by atoms with E-state index in [1.807, 2.05) is 6.07 Å². The summed E-state index contributed by atoms with van der Waals surface area (Å²) in [6.45, 7) is 0. The number of anilines is 2. The predicted octanol–water partition coefficient (Wildman–Crippen LogP) is 4.38. The summed E-state index contributed by atoms with van der Waals surface area (Å²) >= 11 is 8.18. The molecule has 0 bridgehead atoms. The van der Waals surface area contributed by atoms with Crippen LogP contribution in [0.4, 0.5) is 15.8 Å². The van der Waals surface area contributed by atoms with Gasteiger partial charge in [0, 0.05) is 10.6 Å².